The number of aromatic nitrogens is 1. The minimum atomic E-state index is -1.20. The maximum atomic E-state index is 11.9. The number of hydrogen-bond donors (Lipinski definition) is 1. The van der Waals surface area contributed by atoms with Gasteiger partial charge in [0.1, 0.15) is 11.3 Å². The molecule has 0 saturated carbocycles. The lowest BCUT2D eigenvalue weighted by molar-refractivity contribution is 0.0694. The van der Waals surface area contributed by atoms with E-state index in [0.717, 1.165) is 11.3 Å². The minimum Gasteiger partial charge on any atom is -0.497 e. The third kappa shape index (κ3) is 3.06. The lowest BCUT2D eigenvalue weighted by Crippen LogP contribution is -2.26. The van der Waals surface area contributed by atoms with Crippen molar-refractivity contribution in [1.82, 2.24) is 4.57 Å². The SMILES string of the molecule is COc1cccc(CCn2cccc(C(=O)O)c2=O)c1. The molecule has 0 aliphatic carbocycles. The molecule has 1 aromatic heterocycles. The van der Waals surface area contributed by atoms with Crippen molar-refractivity contribution in [2.75, 3.05) is 7.11 Å². The molecule has 2 aromatic rings. The average Bonchev–Trinajstić information content (AvgIpc) is 2.46. The van der Waals surface area contributed by atoms with Gasteiger partial charge in [-0.05, 0) is 36.2 Å². The summed E-state index contributed by atoms with van der Waals surface area (Å²) in [6.45, 7) is 0.424. The first-order valence-corrected chi connectivity index (χ1v) is 6.17. The zero-order valence-electron chi connectivity index (χ0n) is 11.1. The Kier molecular flexibility index (Phi) is 4.20. The van der Waals surface area contributed by atoms with Gasteiger partial charge in [-0.25, -0.2) is 4.79 Å². The Bertz CT molecular complexity index is 676. The Hall–Kier alpha value is -2.56. The monoisotopic (exact) mass is 273 g/mol. The molecule has 0 spiro atoms. The van der Waals surface area contributed by atoms with Crippen molar-refractivity contribution < 1.29 is 14.6 Å². The normalized spacial score (nSPS) is 10.2. The number of carboxylic acid groups (broad SMARTS) is 1. The molecule has 0 radical (unpaired) electrons. The number of benzene rings is 1. The number of nitrogens with zero attached hydrogens (tertiary/aromatic N) is 1. The van der Waals surface area contributed by atoms with Crippen molar-refractivity contribution in [1.29, 1.82) is 0 Å². The summed E-state index contributed by atoms with van der Waals surface area (Å²) in [5.74, 6) is -0.445. The summed E-state index contributed by atoms with van der Waals surface area (Å²) in [6, 6.07) is 10.4. The fourth-order valence-electron chi connectivity index (χ4n) is 1.95. The van der Waals surface area contributed by atoms with Crippen LogP contribution < -0.4 is 10.3 Å². The van der Waals surface area contributed by atoms with Gasteiger partial charge in [0.15, 0.2) is 0 Å². The molecule has 0 saturated heterocycles. The standard InChI is InChI=1S/C15H15NO4/c1-20-12-5-2-4-11(10-12)7-9-16-8-3-6-13(14(16)17)15(18)19/h2-6,8,10H,7,9H2,1H3,(H,18,19). The van der Waals surface area contributed by atoms with Gasteiger partial charge in [-0.2, -0.15) is 0 Å². The maximum absolute atomic E-state index is 11.9. The molecule has 1 N–H and O–H groups in total. The topological polar surface area (TPSA) is 68.5 Å². The van der Waals surface area contributed by atoms with E-state index >= 15 is 0 Å². The second-order valence-electron chi connectivity index (χ2n) is 4.33. The van der Waals surface area contributed by atoms with E-state index in [-0.39, 0.29) is 5.56 Å². The highest BCUT2D eigenvalue weighted by Gasteiger charge is 2.09. The summed E-state index contributed by atoms with van der Waals surface area (Å²) < 4.78 is 6.54. The predicted octanol–water partition coefficient (Wildman–Crippen LogP) is 1.80. The van der Waals surface area contributed by atoms with Gasteiger partial charge >= 0.3 is 5.97 Å². The summed E-state index contributed by atoms with van der Waals surface area (Å²) in [4.78, 5) is 22.8. The number of methoxy groups -OCH3 is 1. The van der Waals surface area contributed by atoms with Crippen LogP contribution in [0.4, 0.5) is 0 Å². The van der Waals surface area contributed by atoms with E-state index in [1.54, 1.807) is 19.4 Å². The number of carbonyl (C=O) groups is 1. The van der Waals surface area contributed by atoms with Crippen LogP contribution in [-0.2, 0) is 13.0 Å². The summed E-state index contributed by atoms with van der Waals surface area (Å²) in [6.07, 6.45) is 2.22. The van der Waals surface area contributed by atoms with Gasteiger partial charge in [0, 0.05) is 12.7 Å². The summed E-state index contributed by atoms with van der Waals surface area (Å²) in [7, 11) is 1.60. The number of aromatic carboxylic acids is 1. The second-order valence-corrected chi connectivity index (χ2v) is 4.33. The zero-order chi connectivity index (χ0) is 14.5. The van der Waals surface area contributed by atoms with Gasteiger partial charge in [-0.1, -0.05) is 12.1 Å². The summed E-state index contributed by atoms with van der Waals surface area (Å²) in [5, 5.41) is 8.91. The molecule has 0 aliphatic heterocycles. The van der Waals surface area contributed by atoms with Crippen molar-refractivity contribution >= 4 is 5.97 Å². The number of pyridine rings is 1. The first-order valence-electron chi connectivity index (χ1n) is 6.17. The fourth-order valence-corrected chi connectivity index (χ4v) is 1.95. The van der Waals surface area contributed by atoms with E-state index < -0.39 is 11.5 Å². The second kappa shape index (κ2) is 6.06. The van der Waals surface area contributed by atoms with Crippen LogP contribution in [0.5, 0.6) is 5.75 Å². The van der Waals surface area contributed by atoms with Crippen molar-refractivity contribution in [2.24, 2.45) is 0 Å². The molecule has 5 heteroatoms. The van der Waals surface area contributed by atoms with E-state index in [9.17, 15) is 9.59 Å². The molecule has 2 rings (SSSR count). The molecule has 0 unspecified atom stereocenters. The lowest BCUT2D eigenvalue weighted by atomic mass is 10.1. The van der Waals surface area contributed by atoms with Crippen molar-refractivity contribution in [3.63, 3.8) is 0 Å². The largest absolute Gasteiger partial charge is 0.497 e. The molecule has 0 amide bonds. The number of aryl methyl sites for hydroxylation is 2. The molecule has 0 atom stereocenters. The van der Waals surface area contributed by atoms with Gasteiger partial charge in [0.2, 0.25) is 0 Å². The number of hydrogen-bond acceptors (Lipinski definition) is 3. The van der Waals surface area contributed by atoms with Crippen LogP contribution in [0.1, 0.15) is 15.9 Å². The van der Waals surface area contributed by atoms with Gasteiger partial charge in [0.25, 0.3) is 5.56 Å². The molecular weight excluding hydrogens is 258 g/mol. The highest BCUT2D eigenvalue weighted by Crippen LogP contribution is 2.13. The van der Waals surface area contributed by atoms with Crippen LogP contribution in [0, 0.1) is 0 Å². The Labute approximate surface area is 116 Å². The molecule has 1 aromatic carbocycles. The molecule has 0 fully saturated rings. The third-order valence-electron chi connectivity index (χ3n) is 3.03. The molecule has 20 heavy (non-hydrogen) atoms. The van der Waals surface area contributed by atoms with Crippen LogP contribution in [0.2, 0.25) is 0 Å². The Morgan fingerprint density at radius 3 is 2.80 bits per heavy atom. The summed E-state index contributed by atoms with van der Waals surface area (Å²) >= 11 is 0. The minimum absolute atomic E-state index is 0.210. The van der Waals surface area contributed by atoms with Crippen LogP contribution in [0.15, 0.2) is 47.4 Å². The fraction of sp³-hybridized carbons (Fsp3) is 0.200. The summed E-state index contributed by atoms with van der Waals surface area (Å²) in [5.41, 5.74) is 0.331. The Morgan fingerprint density at radius 1 is 1.30 bits per heavy atom. The molecule has 5 nitrogen and oxygen atoms in total. The Morgan fingerprint density at radius 2 is 2.10 bits per heavy atom. The van der Waals surface area contributed by atoms with Gasteiger partial charge in [-0.3, -0.25) is 4.79 Å². The van der Waals surface area contributed by atoms with Gasteiger partial charge in [-0.15, -0.1) is 0 Å². The van der Waals surface area contributed by atoms with Crippen LogP contribution in [0.25, 0.3) is 0 Å². The highest BCUT2D eigenvalue weighted by atomic mass is 16.5. The van der Waals surface area contributed by atoms with E-state index in [1.165, 1.54) is 10.6 Å². The smallest absolute Gasteiger partial charge is 0.341 e. The molecule has 0 aliphatic rings. The molecule has 1 heterocycles. The van der Waals surface area contributed by atoms with Crippen molar-refractivity contribution in [3.8, 4) is 5.75 Å². The lowest BCUT2D eigenvalue weighted by Gasteiger charge is -2.07. The molecular formula is C15H15NO4. The Balaban J connectivity index is 2.17. The van der Waals surface area contributed by atoms with Crippen molar-refractivity contribution in [3.05, 3.63) is 64.1 Å². The van der Waals surface area contributed by atoms with Crippen molar-refractivity contribution in [2.45, 2.75) is 13.0 Å². The molecule has 104 valence electrons. The van der Waals surface area contributed by atoms with E-state index in [2.05, 4.69) is 0 Å². The molecule has 0 bridgehead atoms. The zero-order valence-corrected chi connectivity index (χ0v) is 11.1. The van der Waals surface area contributed by atoms with E-state index in [4.69, 9.17) is 9.84 Å². The van der Waals surface area contributed by atoms with Crippen LogP contribution >= 0.6 is 0 Å². The number of ether oxygens (including phenoxy) is 1. The van der Waals surface area contributed by atoms with Crippen LogP contribution in [-0.4, -0.2) is 22.8 Å². The number of rotatable bonds is 5. The first kappa shape index (κ1) is 13.9. The quantitative estimate of drug-likeness (QED) is 0.902. The maximum Gasteiger partial charge on any atom is 0.341 e. The average molecular weight is 273 g/mol. The first-order chi connectivity index (χ1) is 9.61. The van der Waals surface area contributed by atoms with Gasteiger partial charge < -0.3 is 14.4 Å². The highest BCUT2D eigenvalue weighted by molar-refractivity contribution is 5.86. The van der Waals surface area contributed by atoms with Crippen LogP contribution in [0.3, 0.4) is 0 Å². The van der Waals surface area contributed by atoms with E-state index in [1.807, 2.05) is 24.3 Å². The predicted molar refractivity (Wildman–Crippen MR) is 74.4 cm³/mol. The van der Waals surface area contributed by atoms with Gasteiger partial charge in [0.05, 0.1) is 7.11 Å². The van der Waals surface area contributed by atoms with E-state index in [0.29, 0.717) is 13.0 Å². The number of carboxylic acids is 1. The third-order valence-corrected chi connectivity index (χ3v) is 3.03.